The van der Waals surface area contributed by atoms with Gasteiger partial charge in [-0.05, 0) is 43.3 Å². The Balaban J connectivity index is 1.67. The van der Waals surface area contributed by atoms with E-state index in [9.17, 15) is 4.79 Å². The van der Waals surface area contributed by atoms with Crippen molar-refractivity contribution in [3.05, 3.63) is 72.6 Å². The van der Waals surface area contributed by atoms with Gasteiger partial charge in [-0.15, -0.1) is 0 Å². The molecule has 0 radical (unpaired) electrons. The molecule has 0 unspecified atom stereocenters. The maximum atomic E-state index is 12.7. The summed E-state index contributed by atoms with van der Waals surface area (Å²) in [5, 5.41) is 0. The van der Waals surface area contributed by atoms with Crippen molar-refractivity contribution >= 4 is 5.91 Å². The fourth-order valence-electron chi connectivity index (χ4n) is 2.49. The van der Waals surface area contributed by atoms with Crippen molar-refractivity contribution in [3.8, 4) is 11.5 Å². The van der Waals surface area contributed by atoms with Gasteiger partial charge in [-0.1, -0.05) is 12.1 Å². The van der Waals surface area contributed by atoms with E-state index in [2.05, 4.69) is 0 Å². The first kappa shape index (κ1) is 17.7. The van der Waals surface area contributed by atoms with Crippen LogP contribution in [0.2, 0.25) is 0 Å². The molecular formula is C20H21NO5. The van der Waals surface area contributed by atoms with Crippen LogP contribution in [0.4, 0.5) is 0 Å². The normalized spacial score (nSPS) is 10.5. The summed E-state index contributed by atoms with van der Waals surface area (Å²) in [4.78, 5) is 14.3. The van der Waals surface area contributed by atoms with Gasteiger partial charge in [0, 0.05) is 0 Å². The molecule has 2 aromatic heterocycles. The number of benzene rings is 1. The van der Waals surface area contributed by atoms with Crippen molar-refractivity contribution in [2.75, 3.05) is 13.2 Å². The Morgan fingerprint density at radius 3 is 1.96 bits per heavy atom. The minimum Gasteiger partial charge on any atom is -0.490 e. The molecule has 6 nitrogen and oxygen atoms in total. The lowest BCUT2D eigenvalue weighted by atomic mass is 10.3. The third-order valence-electron chi connectivity index (χ3n) is 3.71. The molecule has 0 aliphatic heterocycles. The number of ether oxygens (including phenoxy) is 2. The van der Waals surface area contributed by atoms with Crippen molar-refractivity contribution in [2.24, 2.45) is 0 Å². The molecule has 0 aliphatic rings. The lowest BCUT2D eigenvalue weighted by molar-refractivity contribution is -0.135. The predicted octanol–water partition coefficient (Wildman–Crippen LogP) is 3.88. The van der Waals surface area contributed by atoms with Gasteiger partial charge in [0.1, 0.15) is 11.5 Å². The van der Waals surface area contributed by atoms with Crippen molar-refractivity contribution in [2.45, 2.75) is 20.0 Å². The molecule has 0 atom stereocenters. The smallest absolute Gasteiger partial charge is 0.261 e. The quantitative estimate of drug-likeness (QED) is 0.583. The van der Waals surface area contributed by atoms with Gasteiger partial charge in [-0.3, -0.25) is 4.79 Å². The van der Waals surface area contributed by atoms with E-state index in [-0.39, 0.29) is 12.5 Å². The Bertz CT molecular complexity index is 759. The SMILES string of the molecule is CCOc1ccccc1OCC(=O)N(Cc1ccco1)Cc1ccco1. The first-order valence-corrected chi connectivity index (χ1v) is 8.43. The number of carbonyl (C=O) groups excluding carboxylic acids is 1. The summed E-state index contributed by atoms with van der Waals surface area (Å²) >= 11 is 0. The summed E-state index contributed by atoms with van der Waals surface area (Å²) in [5.41, 5.74) is 0. The maximum Gasteiger partial charge on any atom is 0.261 e. The summed E-state index contributed by atoms with van der Waals surface area (Å²) in [7, 11) is 0. The van der Waals surface area contributed by atoms with Gasteiger partial charge < -0.3 is 23.2 Å². The van der Waals surface area contributed by atoms with E-state index in [1.165, 1.54) is 0 Å². The molecule has 0 saturated carbocycles. The van der Waals surface area contributed by atoms with Crippen molar-refractivity contribution in [1.82, 2.24) is 4.90 Å². The molecule has 3 aromatic rings. The summed E-state index contributed by atoms with van der Waals surface area (Å²) in [6, 6.07) is 14.5. The van der Waals surface area contributed by atoms with Crippen LogP contribution in [0, 0.1) is 0 Å². The van der Waals surface area contributed by atoms with Crippen LogP contribution in [0.25, 0.3) is 0 Å². The van der Waals surface area contributed by atoms with E-state index in [1.807, 2.05) is 37.3 Å². The Morgan fingerprint density at radius 1 is 0.885 bits per heavy atom. The van der Waals surface area contributed by atoms with Crippen molar-refractivity contribution in [3.63, 3.8) is 0 Å². The van der Waals surface area contributed by atoms with Gasteiger partial charge in [-0.25, -0.2) is 0 Å². The standard InChI is InChI=1S/C20H21NO5/c1-2-23-18-9-3-4-10-19(18)26-15-20(22)21(13-16-7-5-11-24-16)14-17-8-6-12-25-17/h3-12H,2,13-15H2,1H3. The monoisotopic (exact) mass is 355 g/mol. The number of carbonyl (C=O) groups is 1. The fraction of sp³-hybridized carbons (Fsp3) is 0.250. The van der Waals surface area contributed by atoms with Crippen LogP contribution >= 0.6 is 0 Å². The van der Waals surface area contributed by atoms with E-state index >= 15 is 0 Å². The fourth-order valence-corrected chi connectivity index (χ4v) is 2.49. The van der Waals surface area contributed by atoms with Crippen molar-refractivity contribution in [1.29, 1.82) is 0 Å². The number of amides is 1. The summed E-state index contributed by atoms with van der Waals surface area (Å²) in [5.74, 6) is 2.37. The van der Waals surface area contributed by atoms with Crippen LogP contribution in [0.15, 0.2) is 69.9 Å². The predicted molar refractivity (Wildman–Crippen MR) is 94.8 cm³/mol. The van der Waals surface area contributed by atoms with Gasteiger partial charge in [0.15, 0.2) is 18.1 Å². The molecule has 0 spiro atoms. The number of rotatable bonds is 9. The van der Waals surface area contributed by atoms with Crippen LogP contribution < -0.4 is 9.47 Å². The highest BCUT2D eigenvalue weighted by Gasteiger charge is 2.18. The third kappa shape index (κ3) is 4.69. The Labute approximate surface area is 151 Å². The molecule has 0 fully saturated rings. The zero-order valence-electron chi connectivity index (χ0n) is 14.6. The second-order valence-electron chi connectivity index (χ2n) is 5.58. The minimum absolute atomic E-state index is 0.106. The van der Waals surface area contributed by atoms with E-state index < -0.39 is 0 Å². The van der Waals surface area contributed by atoms with Gasteiger partial charge in [0.2, 0.25) is 0 Å². The molecule has 0 aliphatic carbocycles. The first-order valence-electron chi connectivity index (χ1n) is 8.43. The minimum atomic E-state index is -0.177. The number of hydrogen-bond acceptors (Lipinski definition) is 5. The van der Waals surface area contributed by atoms with E-state index in [4.69, 9.17) is 18.3 Å². The highest BCUT2D eigenvalue weighted by molar-refractivity contribution is 5.77. The number of furan rings is 2. The first-order chi connectivity index (χ1) is 12.8. The lowest BCUT2D eigenvalue weighted by Gasteiger charge is -2.21. The van der Waals surface area contributed by atoms with Gasteiger partial charge in [-0.2, -0.15) is 0 Å². The number of hydrogen-bond donors (Lipinski definition) is 0. The molecule has 1 aromatic carbocycles. The Morgan fingerprint density at radius 2 is 1.46 bits per heavy atom. The van der Waals surface area contributed by atoms with Crippen LogP contribution in [0.3, 0.4) is 0 Å². The molecular weight excluding hydrogens is 334 g/mol. The van der Waals surface area contributed by atoms with Crippen molar-refractivity contribution < 1.29 is 23.1 Å². The molecule has 26 heavy (non-hydrogen) atoms. The Hall–Kier alpha value is -3.15. The highest BCUT2D eigenvalue weighted by Crippen LogP contribution is 2.26. The van der Waals surface area contributed by atoms with Crippen LogP contribution in [-0.4, -0.2) is 24.0 Å². The Kier molecular flexibility index (Phi) is 5.98. The van der Waals surface area contributed by atoms with E-state index in [0.29, 0.717) is 42.7 Å². The van der Waals surface area contributed by atoms with Gasteiger partial charge in [0.25, 0.3) is 5.91 Å². The maximum absolute atomic E-state index is 12.7. The number of para-hydroxylation sites is 2. The molecule has 136 valence electrons. The third-order valence-corrected chi connectivity index (χ3v) is 3.71. The van der Waals surface area contributed by atoms with E-state index in [1.54, 1.807) is 35.6 Å². The summed E-state index contributed by atoms with van der Waals surface area (Å²) in [6.07, 6.45) is 3.17. The summed E-state index contributed by atoms with van der Waals surface area (Å²) in [6.45, 7) is 2.99. The molecule has 1 amide bonds. The molecule has 0 N–H and O–H groups in total. The van der Waals surface area contributed by atoms with Crippen LogP contribution in [0.1, 0.15) is 18.4 Å². The molecule has 6 heteroatoms. The second-order valence-corrected chi connectivity index (χ2v) is 5.58. The van der Waals surface area contributed by atoms with Crippen LogP contribution in [-0.2, 0) is 17.9 Å². The summed E-state index contributed by atoms with van der Waals surface area (Å²) < 4.78 is 21.9. The number of nitrogens with zero attached hydrogens (tertiary/aromatic N) is 1. The van der Waals surface area contributed by atoms with Crippen LogP contribution in [0.5, 0.6) is 11.5 Å². The molecule has 2 heterocycles. The molecule has 0 bridgehead atoms. The largest absolute Gasteiger partial charge is 0.490 e. The molecule has 3 rings (SSSR count). The second kappa shape index (κ2) is 8.80. The molecule has 0 saturated heterocycles. The average Bonchev–Trinajstić information content (AvgIpc) is 3.34. The highest BCUT2D eigenvalue weighted by atomic mass is 16.5. The van der Waals surface area contributed by atoms with Gasteiger partial charge >= 0.3 is 0 Å². The zero-order chi connectivity index (χ0) is 18.2. The average molecular weight is 355 g/mol. The lowest BCUT2D eigenvalue weighted by Crippen LogP contribution is -2.33. The van der Waals surface area contributed by atoms with Gasteiger partial charge in [0.05, 0.1) is 32.2 Å². The van der Waals surface area contributed by atoms with E-state index in [0.717, 1.165) is 0 Å². The topological polar surface area (TPSA) is 65.1 Å². The zero-order valence-corrected chi connectivity index (χ0v) is 14.6.